The summed E-state index contributed by atoms with van der Waals surface area (Å²) < 4.78 is -0.708. The number of hydrogen-bond donors (Lipinski definition) is 3. The van der Waals surface area contributed by atoms with E-state index >= 15 is 0 Å². The summed E-state index contributed by atoms with van der Waals surface area (Å²) in [5, 5.41) is 16.5. The van der Waals surface area contributed by atoms with Crippen molar-refractivity contribution in [3.63, 3.8) is 0 Å². The van der Waals surface area contributed by atoms with Gasteiger partial charge in [0.05, 0.1) is 29.2 Å². The van der Waals surface area contributed by atoms with Gasteiger partial charge in [0.2, 0.25) is 17.7 Å². The second-order valence-electron chi connectivity index (χ2n) is 9.87. The number of nitrogens with one attached hydrogen (secondary N) is 2. The number of hydrogen-bond acceptors (Lipinski definition) is 5. The van der Waals surface area contributed by atoms with Crippen LogP contribution in [0.25, 0.3) is 0 Å². The zero-order chi connectivity index (χ0) is 24.1. The molecule has 3 fully saturated rings. The predicted octanol–water partition coefficient (Wildman–Crippen LogP) is 2.77. The Bertz CT molecular complexity index is 942. The summed E-state index contributed by atoms with van der Waals surface area (Å²) in [4.78, 5) is 42.3. The molecule has 0 aliphatic carbocycles. The van der Waals surface area contributed by atoms with Gasteiger partial charge in [0.25, 0.3) is 0 Å². The second kappa shape index (κ2) is 9.12. The number of benzene rings is 1. The van der Waals surface area contributed by atoms with Crippen molar-refractivity contribution < 1.29 is 19.5 Å². The highest BCUT2D eigenvalue weighted by atomic mass is 35.5. The lowest BCUT2D eigenvalue weighted by atomic mass is 9.66. The lowest BCUT2D eigenvalue weighted by Crippen LogP contribution is -2.57. The Balaban J connectivity index is 1.78. The summed E-state index contributed by atoms with van der Waals surface area (Å²) in [5.74, 6) is -1.39. The minimum Gasteiger partial charge on any atom is -0.394 e. The Morgan fingerprint density at radius 1 is 1.27 bits per heavy atom. The van der Waals surface area contributed by atoms with Gasteiger partial charge in [-0.05, 0) is 48.9 Å². The first-order valence-electron chi connectivity index (χ1n) is 11.5. The Labute approximate surface area is 204 Å². The fraction of sp³-hybridized carbons (Fsp3) is 0.625. The topological polar surface area (TPSA) is 98.7 Å². The predicted molar refractivity (Wildman–Crippen MR) is 130 cm³/mol. The molecule has 9 heteroatoms. The van der Waals surface area contributed by atoms with Crippen LogP contribution in [0, 0.1) is 23.7 Å². The summed E-state index contributed by atoms with van der Waals surface area (Å²) in [5.41, 5.74) is 0.592. The lowest BCUT2D eigenvalue weighted by Gasteiger charge is -2.40. The van der Waals surface area contributed by atoms with Crippen molar-refractivity contribution in [3.05, 3.63) is 29.3 Å². The van der Waals surface area contributed by atoms with Crippen LogP contribution in [0.3, 0.4) is 0 Å². The van der Waals surface area contributed by atoms with Gasteiger partial charge in [-0.3, -0.25) is 14.4 Å². The summed E-state index contributed by atoms with van der Waals surface area (Å²) in [7, 11) is 1.59. The third-order valence-electron chi connectivity index (χ3n) is 7.44. The van der Waals surface area contributed by atoms with Crippen molar-refractivity contribution in [2.45, 2.75) is 55.7 Å². The van der Waals surface area contributed by atoms with Crippen molar-refractivity contribution in [1.82, 2.24) is 10.2 Å². The molecule has 1 aromatic rings. The smallest absolute Gasteiger partial charge is 0.248 e. The molecule has 180 valence electrons. The number of aliphatic hydroxyl groups excluding tert-OH is 1. The van der Waals surface area contributed by atoms with Crippen molar-refractivity contribution in [1.29, 1.82) is 0 Å². The molecule has 0 aromatic heterocycles. The van der Waals surface area contributed by atoms with E-state index in [1.165, 1.54) is 0 Å². The number of halogens is 1. The molecule has 4 rings (SSSR count). The number of carbonyl (C=O) groups is 3. The van der Waals surface area contributed by atoms with Crippen molar-refractivity contribution in [3.8, 4) is 0 Å². The minimum atomic E-state index is -0.777. The first-order valence-corrected chi connectivity index (χ1v) is 12.8. The molecule has 1 spiro atoms. The first-order chi connectivity index (χ1) is 15.6. The van der Waals surface area contributed by atoms with Gasteiger partial charge in [-0.1, -0.05) is 32.4 Å². The molecule has 0 radical (unpaired) electrons. The molecule has 7 nitrogen and oxygen atoms in total. The maximum atomic E-state index is 14.0. The highest BCUT2D eigenvalue weighted by molar-refractivity contribution is 8.02. The third kappa shape index (κ3) is 3.84. The minimum absolute atomic E-state index is 0.000410. The van der Waals surface area contributed by atoms with Crippen LogP contribution in [-0.4, -0.2) is 63.5 Å². The molecule has 3 aliphatic heterocycles. The molecule has 3 aliphatic rings. The molecule has 3 heterocycles. The van der Waals surface area contributed by atoms with E-state index in [0.29, 0.717) is 17.1 Å². The Kier molecular flexibility index (Phi) is 6.73. The average molecular weight is 494 g/mol. The van der Waals surface area contributed by atoms with E-state index in [2.05, 4.69) is 17.6 Å². The van der Waals surface area contributed by atoms with Crippen LogP contribution in [0.5, 0.6) is 0 Å². The highest BCUT2D eigenvalue weighted by Gasteiger charge is 2.76. The zero-order valence-corrected chi connectivity index (χ0v) is 20.9. The standard InChI is InChI=1S/C24H32ClN3O4S/c1-12(2)9-16(11-29)28-20(22(31)27-15-7-5-14(25)6-8-15)24-13(3)10-17(33-24)18(21(30)26-4)19(24)23(28)32/h5-8,12-13,16-20,29H,9-11H2,1-4H3,(H,26,30)(H,27,31)/t13?,16-,17+,18-,19+,20?,24?/m1/s1. The van der Waals surface area contributed by atoms with E-state index in [0.717, 1.165) is 6.42 Å². The van der Waals surface area contributed by atoms with Crippen molar-refractivity contribution in [2.24, 2.45) is 23.7 Å². The molecular formula is C24H32ClN3O4S. The Hall–Kier alpha value is -1.77. The highest BCUT2D eigenvalue weighted by Crippen LogP contribution is 2.68. The fourth-order valence-corrected chi connectivity index (χ4v) is 8.72. The summed E-state index contributed by atoms with van der Waals surface area (Å²) in [6.07, 6.45) is 1.35. The number of thioether (sulfide) groups is 1. The molecular weight excluding hydrogens is 462 g/mol. The van der Waals surface area contributed by atoms with Gasteiger partial charge >= 0.3 is 0 Å². The molecule has 1 aromatic carbocycles. The SMILES string of the molecule is CNC(=O)[C@@H]1[C@@H]2CC(C)C3(S2)C(C(=O)Nc2ccc(Cl)cc2)N([C@@H](CO)CC(C)C)C(=O)[C@H]13. The number of nitrogens with zero attached hydrogens (tertiary/aromatic N) is 1. The van der Waals surface area contributed by atoms with E-state index in [9.17, 15) is 19.5 Å². The lowest BCUT2D eigenvalue weighted by molar-refractivity contribution is -0.142. The average Bonchev–Trinajstić information content (AvgIpc) is 3.36. The van der Waals surface area contributed by atoms with Crippen LogP contribution in [0.4, 0.5) is 5.69 Å². The van der Waals surface area contributed by atoms with Crippen LogP contribution in [0.2, 0.25) is 5.02 Å². The third-order valence-corrected chi connectivity index (χ3v) is 9.77. The van der Waals surface area contributed by atoms with Crippen LogP contribution < -0.4 is 10.6 Å². The molecule has 2 bridgehead atoms. The largest absolute Gasteiger partial charge is 0.394 e. The Morgan fingerprint density at radius 2 is 1.94 bits per heavy atom. The summed E-state index contributed by atoms with van der Waals surface area (Å²) in [6, 6.07) is 5.59. The quantitative estimate of drug-likeness (QED) is 0.542. The fourth-order valence-electron chi connectivity index (χ4n) is 6.18. The molecule has 7 atom stereocenters. The van der Waals surface area contributed by atoms with Gasteiger partial charge in [-0.2, -0.15) is 0 Å². The van der Waals surface area contributed by atoms with E-state index in [4.69, 9.17) is 11.6 Å². The maximum absolute atomic E-state index is 14.0. The number of fused-ring (bicyclic) bond motifs is 1. The molecule has 3 N–H and O–H groups in total. The maximum Gasteiger partial charge on any atom is 0.248 e. The zero-order valence-electron chi connectivity index (χ0n) is 19.4. The number of carbonyl (C=O) groups excluding carboxylic acids is 3. The van der Waals surface area contributed by atoms with E-state index in [1.807, 2.05) is 13.8 Å². The van der Waals surface area contributed by atoms with Crippen LogP contribution in [-0.2, 0) is 14.4 Å². The molecule has 0 saturated carbocycles. The summed E-state index contributed by atoms with van der Waals surface area (Å²) >= 11 is 7.62. The Morgan fingerprint density at radius 3 is 2.52 bits per heavy atom. The number of anilines is 1. The normalized spacial score (nSPS) is 33.4. The van der Waals surface area contributed by atoms with E-state index in [-0.39, 0.29) is 41.4 Å². The van der Waals surface area contributed by atoms with Crippen molar-refractivity contribution >= 4 is 46.8 Å². The summed E-state index contributed by atoms with van der Waals surface area (Å²) in [6.45, 7) is 5.91. The van der Waals surface area contributed by atoms with Crippen LogP contribution in [0.15, 0.2) is 24.3 Å². The van der Waals surface area contributed by atoms with Crippen LogP contribution >= 0.6 is 23.4 Å². The van der Waals surface area contributed by atoms with Gasteiger partial charge in [0.15, 0.2) is 0 Å². The monoisotopic (exact) mass is 493 g/mol. The van der Waals surface area contributed by atoms with Crippen molar-refractivity contribution in [2.75, 3.05) is 19.0 Å². The second-order valence-corrected chi connectivity index (χ2v) is 11.9. The van der Waals surface area contributed by atoms with Gasteiger partial charge in [0, 0.05) is 23.0 Å². The first kappa shape index (κ1) is 24.4. The number of aliphatic hydroxyl groups is 1. The van der Waals surface area contributed by atoms with Gasteiger partial charge < -0.3 is 20.6 Å². The van der Waals surface area contributed by atoms with Crippen LogP contribution in [0.1, 0.15) is 33.6 Å². The van der Waals surface area contributed by atoms with Gasteiger partial charge in [-0.25, -0.2) is 0 Å². The number of rotatable bonds is 7. The molecule has 3 unspecified atom stereocenters. The van der Waals surface area contributed by atoms with Gasteiger partial charge in [0.1, 0.15) is 6.04 Å². The molecule has 3 amide bonds. The van der Waals surface area contributed by atoms with Gasteiger partial charge in [-0.15, -0.1) is 11.8 Å². The molecule has 3 saturated heterocycles. The molecule has 33 heavy (non-hydrogen) atoms. The number of amides is 3. The van der Waals surface area contributed by atoms with E-state index < -0.39 is 28.7 Å². The number of likely N-dealkylation sites (tertiary alicyclic amines) is 1. The van der Waals surface area contributed by atoms with E-state index in [1.54, 1.807) is 48.0 Å².